The average Bonchev–Trinajstić information content (AvgIpc) is 2.84. The van der Waals surface area contributed by atoms with Crippen LogP contribution in [0.3, 0.4) is 0 Å². The number of hydrogen-bond acceptors (Lipinski definition) is 5. The second-order valence-electron chi connectivity index (χ2n) is 3.41. The van der Waals surface area contributed by atoms with Crippen LogP contribution in [0.15, 0.2) is 29.1 Å². The van der Waals surface area contributed by atoms with Gasteiger partial charge < -0.3 is 9.84 Å². The molecule has 0 spiro atoms. The smallest absolute Gasteiger partial charge is 0.285 e. The molecule has 0 atom stereocenters. The van der Waals surface area contributed by atoms with Gasteiger partial charge in [-0.1, -0.05) is 5.16 Å². The second kappa shape index (κ2) is 4.80. The number of halogens is 2. The van der Waals surface area contributed by atoms with Gasteiger partial charge in [-0.2, -0.15) is 0 Å². The largest absolute Gasteiger partial charge is 0.363 e. The van der Waals surface area contributed by atoms with Crippen LogP contribution in [0.5, 0.6) is 0 Å². The highest BCUT2D eigenvalue weighted by atomic mass is 19.2. The van der Waals surface area contributed by atoms with Gasteiger partial charge in [0.15, 0.2) is 11.6 Å². The molecule has 2 aromatic rings. The first-order chi connectivity index (χ1) is 8.99. The van der Waals surface area contributed by atoms with E-state index in [9.17, 15) is 23.7 Å². The van der Waals surface area contributed by atoms with Gasteiger partial charge >= 0.3 is 0 Å². The summed E-state index contributed by atoms with van der Waals surface area (Å²) in [5, 5.41) is 16.2. The molecule has 1 heterocycles. The van der Waals surface area contributed by atoms with Crippen LogP contribution in [-0.2, 0) is 0 Å². The number of nitro groups is 1. The van der Waals surface area contributed by atoms with E-state index in [0.29, 0.717) is 12.1 Å². The number of amides is 1. The molecule has 0 bridgehead atoms. The second-order valence-corrected chi connectivity index (χ2v) is 3.41. The summed E-state index contributed by atoms with van der Waals surface area (Å²) in [5.41, 5.74) is -1.32. The Morgan fingerprint density at radius 3 is 2.63 bits per heavy atom. The summed E-state index contributed by atoms with van der Waals surface area (Å²) in [6.07, 6.45) is 2.22. The van der Waals surface area contributed by atoms with E-state index in [1.54, 1.807) is 0 Å². The molecule has 1 aromatic heterocycles. The zero-order valence-corrected chi connectivity index (χ0v) is 9.09. The zero-order chi connectivity index (χ0) is 14.0. The molecule has 0 saturated heterocycles. The molecule has 0 aliphatic carbocycles. The lowest BCUT2D eigenvalue weighted by molar-refractivity contribution is -0.385. The number of nitro benzene ring substituents is 1. The normalized spacial score (nSPS) is 10.2. The SMILES string of the molecule is O=C(Nc1cnoc1)c1cc(F)c(F)cc1[N+](=O)[O-]. The Labute approximate surface area is 104 Å². The maximum Gasteiger partial charge on any atom is 0.285 e. The highest BCUT2D eigenvalue weighted by Crippen LogP contribution is 2.23. The standard InChI is InChI=1S/C10H5F2N3O4/c11-7-1-6(9(15(17)18)2-8(7)12)10(16)14-5-3-13-19-4-5/h1-4H,(H,14,16). The third-order valence-electron chi connectivity index (χ3n) is 2.17. The molecule has 0 saturated carbocycles. The Hall–Kier alpha value is -2.84. The van der Waals surface area contributed by atoms with Gasteiger partial charge in [-0.25, -0.2) is 8.78 Å². The van der Waals surface area contributed by atoms with Gasteiger partial charge in [0.05, 0.1) is 17.2 Å². The molecule has 0 radical (unpaired) electrons. The quantitative estimate of drug-likeness (QED) is 0.679. The average molecular weight is 269 g/mol. The van der Waals surface area contributed by atoms with Crippen molar-refractivity contribution in [1.82, 2.24) is 5.16 Å². The van der Waals surface area contributed by atoms with Gasteiger partial charge in [0.25, 0.3) is 11.6 Å². The van der Waals surface area contributed by atoms with E-state index in [-0.39, 0.29) is 5.69 Å². The summed E-state index contributed by atoms with van der Waals surface area (Å²) in [6, 6.07) is 0.800. The Bertz CT molecular complexity index is 642. The number of benzene rings is 1. The van der Waals surface area contributed by atoms with Gasteiger partial charge in [-0.3, -0.25) is 14.9 Å². The molecule has 0 unspecified atom stereocenters. The monoisotopic (exact) mass is 269 g/mol. The van der Waals surface area contributed by atoms with Crippen molar-refractivity contribution in [3.05, 3.63) is 51.9 Å². The van der Waals surface area contributed by atoms with Crippen LogP contribution in [-0.4, -0.2) is 16.0 Å². The fourth-order valence-corrected chi connectivity index (χ4v) is 1.33. The number of anilines is 1. The van der Waals surface area contributed by atoms with E-state index in [1.165, 1.54) is 0 Å². The molecule has 0 aliphatic heterocycles. The summed E-state index contributed by atoms with van der Waals surface area (Å²) in [4.78, 5) is 21.4. The Kier molecular flexibility index (Phi) is 3.19. The summed E-state index contributed by atoms with van der Waals surface area (Å²) >= 11 is 0. The molecule has 1 aromatic carbocycles. The first kappa shape index (κ1) is 12.6. The third kappa shape index (κ3) is 2.54. The van der Waals surface area contributed by atoms with Crippen LogP contribution in [0.25, 0.3) is 0 Å². The summed E-state index contributed by atoms with van der Waals surface area (Å²) in [7, 11) is 0. The van der Waals surface area contributed by atoms with E-state index >= 15 is 0 Å². The Morgan fingerprint density at radius 2 is 2.05 bits per heavy atom. The van der Waals surface area contributed by atoms with Gasteiger partial charge in [-0.05, 0) is 6.07 Å². The maximum atomic E-state index is 13.1. The van der Waals surface area contributed by atoms with E-state index < -0.39 is 33.7 Å². The molecule has 19 heavy (non-hydrogen) atoms. The predicted molar refractivity (Wildman–Crippen MR) is 57.5 cm³/mol. The predicted octanol–water partition coefficient (Wildman–Crippen LogP) is 2.11. The lowest BCUT2D eigenvalue weighted by Gasteiger charge is -2.04. The van der Waals surface area contributed by atoms with E-state index in [2.05, 4.69) is 15.0 Å². The highest BCUT2D eigenvalue weighted by Gasteiger charge is 2.24. The van der Waals surface area contributed by atoms with Crippen molar-refractivity contribution in [2.75, 3.05) is 5.32 Å². The molecule has 98 valence electrons. The lowest BCUT2D eigenvalue weighted by atomic mass is 10.1. The Balaban J connectivity index is 2.40. The minimum absolute atomic E-state index is 0.129. The third-order valence-corrected chi connectivity index (χ3v) is 2.17. The lowest BCUT2D eigenvalue weighted by Crippen LogP contribution is -2.14. The van der Waals surface area contributed by atoms with Crippen LogP contribution in [0.1, 0.15) is 10.4 Å². The topological polar surface area (TPSA) is 98.3 Å². The van der Waals surface area contributed by atoms with E-state index in [1.807, 2.05) is 0 Å². The van der Waals surface area contributed by atoms with Crippen LogP contribution >= 0.6 is 0 Å². The fourth-order valence-electron chi connectivity index (χ4n) is 1.33. The fraction of sp³-hybridized carbons (Fsp3) is 0. The first-order valence-corrected chi connectivity index (χ1v) is 4.83. The number of rotatable bonds is 3. The number of nitrogens with one attached hydrogen (secondary N) is 1. The van der Waals surface area contributed by atoms with Crippen molar-refractivity contribution in [3.8, 4) is 0 Å². The molecule has 0 fully saturated rings. The zero-order valence-electron chi connectivity index (χ0n) is 9.09. The molecular formula is C10H5F2N3O4. The van der Waals surface area contributed by atoms with Crippen molar-refractivity contribution in [3.63, 3.8) is 0 Å². The van der Waals surface area contributed by atoms with Crippen LogP contribution in [0.2, 0.25) is 0 Å². The molecule has 2 rings (SSSR count). The number of carbonyl (C=O) groups is 1. The van der Waals surface area contributed by atoms with Crippen molar-refractivity contribution in [2.24, 2.45) is 0 Å². The number of hydrogen-bond donors (Lipinski definition) is 1. The van der Waals surface area contributed by atoms with Crippen LogP contribution < -0.4 is 5.32 Å². The molecule has 0 aliphatic rings. The molecule has 1 amide bonds. The first-order valence-electron chi connectivity index (χ1n) is 4.83. The van der Waals surface area contributed by atoms with Crippen LogP contribution in [0.4, 0.5) is 20.2 Å². The molecule has 9 heteroatoms. The minimum atomic E-state index is -1.41. The number of aromatic nitrogens is 1. The minimum Gasteiger partial charge on any atom is -0.363 e. The van der Waals surface area contributed by atoms with Crippen molar-refractivity contribution in [2.45, 2.75) is 0 Å². The summed E-state index contributed by atoms with van der Waals surface area (Å²) in [5.74, 6) is -3.75. The van der Waals surface area contributed by atoms with Gasteiger partial charge in [-0.15, -0.1) is 0 Å². The molecule has 1 N–H and O–H groups in total. The van der Waals surface area contributed by atoms with Crippen molar-refractivity contribution >= 4 is 17.3 Å². The summed E-state index contributed by atoms with van der Waals surface area (Å²) in [6.45, 7) is 0. The number of nitrogens with zero attached hydrogens (tertiary/aromatic N) is 2. The highest BCUT2D eigenvalue weighted by molar-refractivity contribution is 6.06. The van der Waals surface area contributed by atoms with Gasteiger partial charge in [0.2, 0.25) is 0 Å². The van der Waals surface area contributed by atoms with Crippen molar-refractivity contribution < 1.29 is 23.0 Å². The Morgan fingerprint density at radius 1 is 1.37 bits per heavy atom. The van der Waals surface area contributed by atoms with E-state index in [0.717, 1.165) is 12.5 Å². The van der Waals surface area contributed by atoms with Gasteiger partial charge in [0, 0.05) is 0 Å². The van der Waals surface area contributed by atoms with Gasteiger partial charge in [0.1, 0.15) is 17.5 Å². The van der Waals surface area contributed by atoms with E-state index in [4.69, 9.17) is 0 Å². The number of carbonyl (C=O) groups excluding carboxylic acids is 1. The van der Waals surface area contributed by atoms with Crippen LogP contribution in [0, 0.1) is 21.7 Å². The molecular weight excluding hydrogens is 264 g/mol. The maximum absolute atomic E-state index is 13.1. The summed E-state index contributed by atoms with van der Waals surface area (Å²) < 4.78 is 30.4. The molecule has 7 nitrogen and oxygen atoms in total. The van der Waals surface area contributed by atoms with Crippen molar-refractivity contribution in [1.29, 1.82) is 0 Å².